The number of likely N-dealkylation sites (tertiary alicyclic amines) is 1. The van der Waals surface area contributed by atoms with Gasteiger partial charge in [-0.2, -0.15) is 0 Å². The smallest absolute Gasteiger partial charge is 0.354 e. The quantitative estimate of drug-likeness (QED) is 0.929. The van der Waals surface area contributed by atoms with Gasteiger partial charge in [-0.15, -0.1) is 0 Å². The highest BCUT2D eigenvalue weighted by atomic mass is 16.5. The molecule has 5 nitrogen and oxygen atoms in total. The molecule has 1 aliphatic rings. The van der Waals surface area contributed by atoms with Crippen LogP contribution in [-0.4, -0.2) is 44.7 Å². The molecule has 0 radical (unpaired) electrons. The van der Waals surface area contributed by atoms with Gasteiger partial charge in [-0.25, -0.2) is 9.78 Å². The zero-order valence-electron chi connectivity index (χ0n) is 14.3. The minimum atomic E-state index is -1.03. The largest absolute Gasteiger partial charge is 0.486 e. The molecule has 1 saturated heterocycles. The van der Waals surface area contributed by atoms with E-state index in [0.29, 0.717) is 5.75 Å². The van der Waals surface area contributed by atoms with Gasteiger partial charge in [0.15, 0.2) is 0 Å². The molecule has 0 aromatic carbocycles. The molecular formula is C17H26N2O3. The Kier molecular flexibility index (Phi) is 3.98. The Balaban J connectivity index is 2.22. The molecule has 1 fully saturated rings. The molecule has 1 aromatic heterocycles. The molecule has 0 spiro atoms. The monoisotopic (exact) mass is 306 g/mol. The Labute approximate surface area is 132 Å². The van der Waals surface area contributed by atoms with Crippen LogP contribution in [0.25, 0.3) is 0 Å². The van der Waals surface area contributed by atoms with Gasteiger partial charge in [0, 0.05) is 23.9 Å². The van der Waals surface area contributed by atoms with Crippen LogP contribution in [0.5, 0.6) is 5.75 Å². The first-order valence-corrected chi connectivity index (χ1v) is 7.58. The summed E-state index contributed by atoms with van der Waals surface area (Å²) >= 11 is 0. The first kappa shape index (κ1) is 16.7. The third-order valence-corrected chi connectivity index (χ3v) is 4.75. The Morgan fingerprint density at radius 1 is 1.18 bits per heavy atom. The van der Waals surface area contributed by atoms with E-state index in [-0.39, 0.29) is 22.4 Å². The van der Waals surface area contributed by atoms with Crippen molar-refractivity contribution in [2.24, 2.45) is 0 Å². The Hall–Kier alpha value is -1.62. The van der Waals surface area contributed by atoms with Crippen molar-refractivity contribution in [2.75, 3.05) is 7.05 Å². The predicted octanol–water partition coefficient (Wildman–Crippen LogP) is 3.20. The van der Waals surface area contributed by atoms with Crippen LogP contribution in [0.4, 0.5) is 0 Å². The molecule has 0 aliphatic carbocycles. The fourth-order valence-electron chi connectivity index (χ4n) is 3.87. The molecule has 0 unspecified atom stereocenters. The van der Waals surface area contributed by atoms with Crippen LogP contribution < -0.4 is 4.74 Å². The van der Waals surface area contributed by atoms with Gasteiger partial charge in [0.05, 0.1) is 6.20 Å². The molecule has 5 heteroatoms. The maximum Gasteiger partial charge on any atom is 0.354 e. The van der Waals surface area contributed by atoms with E-state index >= 15 is 0 Å². The van der Waals surface area contributed by atoms with E-state index in [0.717, 1.165) is 12.8 Å². The highest BCUT2D eigenvalue weighted by Gasteiger charge is 2.49. The molecule has 1 N–H and O–H groups in total. The van der Waals surface area contributed by atoms with Gasteiger partial charge in [0.25, 0.3) is 0 Å². The van der Waals surface area contributed by atoms with Crippen molar-refractivity contribution in [2.45, 2.75) is 64.1 Å². The van der Waals surface area contributed by atoms with Crippen molar-refractivity contribution in [1.29, 1.82) is 0 Å². The second-order valence-corrected chi connectivity index (χ2v) is 7.77. The lowest BCUT2D eigenvalue weighted by atomic mass is 9.72. The Bertz CT molecular complexity index is 546. The van der Waals surface area contributed by atoms with Gasteiger partial charge in [-0.05, 0) is 53.8 Å². The van der Waals surface area contributed by atoms with Crippen molar-refractivity contribution in [3.63, 3.8) is 0 Å². The molecule has 1 aliphatic heterocycles. The molecule has 0 bridgehead atoms. The van der Waals surface area contributed by atoms with Gasteiger partial charge in [0.1, 0.15) is 17.0 Å². The zero-order chi connectivity index (χ0) is 16.8. The second kappa shape index (κ2) is 5.23. The number of aromatic nitrogens is 1. The van der Waals surface area contributed by atoms with E-state index in [1.54, 1.807) is 6.07 Å². The summed E-state index contributed by atoms with van der Waals surface area (Å²) in [6.07, 6.45) is 3.27. The van der Waals surface area contributed by atoms with E-state index in [1.165, 1.54) is 12.3 Å². The lowest BCUT2D eigenvalue weighted by Gasteiger charge is -2.57. The number of aromatic carboxylic acids is 1. The van der Waals surface area contributed by atoms with Crippen molar-refractivity contribution >= 4 is 5.97 Å². The van der Waals surface area contributed by atoms with Crippen molar-refractivity contribution in [3.8, 4) is 5.75 Å². The maximum atomic E-state index is 10.9. The summed E-state index contributed by atoms with van der Waals surface area (Å²) in [5.74, 6) is -0.414. The van der Waals surface area contributed by atoms with E-state index in [1.807, 2.05) is 0 Å². The van der Waals surface area contributed by atoms with Gasteiger partial charge < -0.3 is 9.84 Å². The fraction of sp³-hybridized carbons (Fsp3) is 0.647. The normalized spacial score (nSPS) is 23.0. The molecule has 0 atom stereocenters. The summed E-state index contributed by atoms with van der Waals surface area (Å²) in [5, 5.41) is 8.91. The number of ether oxygens (including phenoxy) is 1. The van der Waals surface area contributed by atoms with Gasteiger partial charge >= 0.3 is 5.97 Å². The number of carbonyl (C=O) groups is 1. The van der Waals surface area contributed by atoms with Crippen molar-refractivity contribution in [1.82, 2.24) is 9.88 Å². The highest BCUT2D eigenvalue weighted by molar-refractivity contribution is 5.85. The third-order valence-electron chi connectivity index (χ3n) is 4.75. The minimum Gasteiger partial charge on any atom is -0.486 e. The van der Waals surface area contributed by atoms with Crippen LogP contribution in [0.3, 0.4) is 0 Å². The van der Waals surface area contributed by atoms with Crippen LogP contribution in [0.2, 0.25) is 0 Å². The lowest BCUT2D eigenvalue weighted by Crippen LogP contribution is -2.64. The van der Waals surface area contributed by atoms with E-state index < -0.39 is 5.97 Å². The van der Waals surface area contributed by atoms with Gasteiger partial charge in [0.2, 0.25) is 0 Å². The lowest BCUT2D eigenvalue weighted by molar-refractivity contribution is -0.102. The molecule has 0 amide bonds. The number of nitrogens with zero attached hydrogens (tertiary/aromatic N) is 2. The Morgan fingerprint density at radius 2 is 1.73 bits per heavy atom. The summed E-state index contributed by atoms with van der Waals surface area (Å²) in [6, 6.07) is 3.16. The molecular weight excluding hydrogens is 280 g/mol. The van der Waals surface area contributed by atoms with Crippen molar-refractivity contribution < 1.29 is 14.6 Å². The SMILES string of the molecule is CN1C(C)(C)CC(C)(Oc2ccc(C(=O)O)nc2)CC1(C)C. The summed E-state index contributed by atoms with van der Waals surface area (Å²) in [5.41, 5.74) is -0.247. The molecule has 2 rings (SSSR count). The van der Waals surface area contributed by atoms with Gasteiger partial charge in [-0.1, -0.05) is 0 Å². The van der Waals surface area contributed by atoms with Crippen LogP contribution in [-0.2, 0) is 0 Å². The van der Waals surface area contributed by atoms with Crippen LogP contribution in [0, 0.1) is 0 Å². The second-order valence-electron chi connectivity index (χ2n) is 7.77. The van der Waals surface area contributed by atoms with E-state index in [4.69, 9.17) is 9.84 Å². The minimum absolute atomic E-state index is 0.0188. The van der Waals surface area contributed by atoms with Crippen LogP contribution in [0.15, 0.2) is 18.3 Å². The maximum absolute atomic E-state index is 10.9. The molecule has 22 heavy (non-hydrogen) atoms. The van der Waals surface area contributed by atoms with Gasteiger partial charge in [-0.3, -0.25) is 4.90 Å². The number of piperidine rings is 1. The number of carboxylic acid groups (broad SMARTS) is 1. The predicted molar refractivity (Wildman–Crippen MR) is 85.4 cm³/mol. The number of carboxylic acids is 1. The molecule has 122 valence electrons. The standard InChI is InChI=1S/C17H26N2O3/c1-15(2)10-17(5,11-16(3,4)19(15)6)22-12-7-8-13(14(20)21)18-9-12/h7-9H,10-11H2,1-6H3,(H,20,21). The summed E-state index contributed by atoms with van der Waals surface area (Å²) < 4.78 is 6.22. The summed E-state index contributed by atoms with van der Waals surface area (Å²) in [4.78, 5) is 17.2. The zero-order valence-corrected chi connectivity index (χ0v) is 14.3. The van der Waals surface area contributed by atoms with Crippen LogP contribution >= 0.6 is 0 Å². The molecule has 2 heterocycles. The topological polar surface area (TPSA) is 62.7 Å². The number of rotatable bonds is 3. The van der Waals surface area contributed by atoms with E-state index in [9.17, 15) is 4.79 Å². The Morgan fingerprint density at radius 3 is 2.14 bits per heavy atom. The molecule has 1 aromatic rings. The summed E-state index contributed by atoms with van der Waals surface area (Å²) in [6.45, 7) is 11.0. The van der Waals surface area contributed by atoms with E-state index in [2.05, 4.69) is 51.6 Å². The number of pyridine rings is 1. The summed E-state index contributed by atoms with van der Waals surface area (Å²) in [7, 11) is 2.16. The average molecular weight is 306 g/mol. The third kappa shape index (κ3) is 3.24. The van der Waals surface area contributed by atoms with Crippen molar-refractivity contribution in [3.05, 3.63) is 24.0 Å². The molecule has 0 saturated carbocycles. The van der Waals surface area contributed by atoms with Crippen LogP contribution in [0.1, 0.15) is 57.9 Å². The first-order chi connectivity index (χ1) is 9.95. The first-order valence-electron chi connectivity index (χ1n) is 7.58. The average Bonchev–Trinajstić information content (AvgIpc) is 2.35. The fourth-order valence-corrected chi connectivity index (χ4v) is 3.87. The number of hydrogen-bond donors (Lipinski definition) is 1. The number of hydrogen-bond acceptors (Lipinski definition) is 4. The highest BCUT2D eigenvalue weighted by Crippen LogP contribution is 2.44.